The Balaban J connectivity index is 1.44. The van der Waals surface area contributed by atoms with Gasteiger partial charge < -0.3 is 9.64 Å². The second kappa shape index (κ2) is 9.04. The van der Waals surface area contributed by atoms with Gasteiger partial charge in [0.2, 0.25) is 0 Å². The summed E-state index contributed by atoms with van der Waals surface area (Å²) in [7, 11) is 3.07. The number of carbonyl (C=O) groups excluding carboxylic acids is 1. The lowest BCUT2D eigenvalue weighted by Crippen LogP contribution is -2.48. The molecule has 0 saturated carbocycles. The molecule has 1 saturated heterocycles. The Labute approximate surface area is 183 Å². The highest BCUT2D eigenvalue weighted by Crippen LogP contribution is 2.27. The summed E-state index contributed by atoms with van der Waals surface area (Å²) in [6.07, 6.45) is 1.55. The highest BCUT2D eigenvalue weighted by atomic mass is 19.1. The van der Waals surface area contributed by atoms with Crippen LogP contribution in [0.5, 0.6) is 5.75 Å². The monoisotopic (exact) mass is 444 g/mol. The van der Waals surface area contributed by atoms with Crippen LogP contribution in [0.3, 0.4) is 0 Å². The fourth-order valence-electron chi connectivity index (χ4n) is 3.87. The second-order valence-electron chi connectivity index (χ2n) is 7.73. The number of hydrogen-bond acceptors (Lipinski definition) is 4. The molecule has 0 spiro atoms. The van der Waals surface area contributed by atoms with E-state index in [4.69, 9.17) is 4.74 Å². The van der Waals surface area contributed by atoms with Gasteiger partial charge in [-0.2, -0.15) is 5.10 Å². The third-order valence-electron chi connectivity index (χ3n) is 5.53. The standard InChI is InChI=1S/C23H23F3N4O2/c1-28-14-18(22(27-28)17-5-4-16(24)12-19(17)25)23(31)30-9-7-29(8-10-30)13-15-3-6-21(32-2)20(26)11-15/h3-6,11-12,14H,7-10,13H2,1-2H3. The fourth-order valence-corrected chi connectivity index (χ4v) is 3.87. The third kappa shape index (κ3) is 4.47. The van der Waals surface area contributed by atoms with Gasteiger partial charge in [0.15, 0.2) is 11.6 Å². The van der Waals surface area contributed by atoms with Crippen molar-refractivity contribution in [3.8, 4) is 17.0 Å². The first-order chi connectivity index (χ1) is 15.4. The van der Waals surface area contributed by atoms with E-state index in [2.05, 4.69) is 10.00 Å². The van der Waals surface area contributed by atoms with Crippen molar-refractivity contribution >= 4 is 5.91 Å². The van der Waals surface area contributed by atoms with Crippen LogP contribution in [-0.4, -0.2) is 58.8 Å². The van der Waals surface area contributed by atoms with Crippen LogP contribution in [0.4, 0.5) is 13.2 Å². The van der Waals surface area contributed by atoms with E-state index in [-0.39, 0.29) is 28.5 Å². The van der Waals surface area contributed by atoms with E-state index >= 15 is 0 Å². The van der Waals surface area contributed by atoms with E-state index in [1.807, 2.05) is 6.07 Å². The van der Waals surface area contributed by atoms with Gasteiger partial charge in [0, 0.05) is 57.6 Å². The summed E-state index contributed by atoms with van der Waals surface area (Å²) in [4.78, 5) is 17.0. The average molecular weight is 444 g/mol. The minimum Gasteiger partial charge on any atom is -0.494 e. The summed E-state index contributed by atoms with van der Waals surface area (Å²) in [5.41, 5.74) is 1.36. The maximum atomic E-state index is 14.3. The molecule has 1 amide bonds. The van der Waals surface area contributed by atoms with E-state index in [1.54, 1.807) is 24.2 Å². The van der Waals surface area contributed by atoms with Gasteiger partial charge in [-0.15, -0.1) is 0 Å². The van der Waals surface area contributed by atoms with Crippen molar-refractivity contribution in [3.63, 3.8) is 0 Å². The quantitative estimate of drug-likeness (QED) is 0.605. The zero-order chi connectivity index (χ0) is 22.8. The number of rotatable bonds is 5. The van der Waals surface area contributed by atoms with Gasteiger partial charge >= 0.3 is 0 Å². The molecule has 1 aliphatic rings. The molecule has 1 aliphatic heterocycles. The predicted molar refractivity (Wildman–Crippen MR) is 113 cm³/mol. The number of methoxy groups -OCH3 is 1. The summed E-state index contributed by atoms with van der Waals surface area (Å²) in [6.45, 7) is 2.72. The van der Waals surface area contributed by atoms with Gasteiger partial charge in [-0.3, -0.25) is 14.4 Å². The number of nitrogens with zero attached hydrogens (tertiary/aromatic N) is 4. The van der Waals surface area contributed by atoms with Crippen molar-refractivity contribution < 1.29 is 22.7 Å². The molecule has 9 heteroatoms. The van der Waals surface area contributed by atoms with Crippen molar-refractivity contribution in [1.82, 2.24) is 19.6 Å². The molecule has 168 valence electrons. The number of amides is 1. The van der Waals surface area contributed by atoms with Crippen LogP contribution in [0.2, 0.25) is 0 Å². The number of halogens is 3. The molecule has 1 fully saturated rings. The summed E-state index contributed by atoms with van der Waals surface area (Å²) in [5.74, 6) is -1.92. The van der Waals surface area contributed by atoms with Gasteiger partial charge in [0.25, 0.3) is 5.91 Å². The fraction of sp³-hybridized carbons (Fsp3) is 0.304. The number of ether oxygens (including phenoxy) is 1. The van der Waals surface area contributed by atoms with Crippen LogP contribution in [0.1, 0.15) is 15.9 Å². The van der Waals surface area contributed by atoms with E-state index in [0.29, 0.717) is 32.7 Å². The maximum absolute atomic E-state index is 14.3. The van der Waals surface area contributed by atoms with E-state index in [9.17, 15) is 18.0 Å². The van der Waals surface area contributed by atoms with Gasteiger partial charge in [-0.1, -0.05) is 6.07 Å². The molecule has 1 aromatic heterocycles. The Bertz CT molecular complexity index is 1140. The first kappa shape index (κ1) is 21.9. The first-order valence-corrected chi connectivity index (χ1v) is 10.2. The lowest BCUT2D eigenvalue weighted by molar-refractivity contribution is 0.0629. The van der Waals surface area contributed by atoms with Crippen molar-refractivity contribution in [1.29, 1.82) is 0 Å². The van der Waals surface area contributed by atoms with E-state index in [0.717, 1.165) is 17.7 Å². The second-order valence-corrected chi connectivity index (χ2v) is 7.73. The number of piperazine rings is 1. The predicted octanol–water partition coefficient (Wildman–Crippen LogP) is 3.47. The van der Waals surface area contributed by atoms with Gasteiger partial charge in [-0.05, 0) is 29.8 Å². The molecule has 2 heterocycles. The minimum atomic E-state index is -0.769. The van der Waals surface area contributed by atoms with Crippen molar-refractivity contribution in [2.75, 3.05) is 33.3 Å². The molecule has 0 unspecified atom stereocenters. The minimum absolute atomic E-state index is 0.0792. The van der Waals surface area contributed by atoms with Crippen LogP contribution >= 0.6 is 0 Å². The zero-order valence-electron chi connectivity index (χ0n) is 17.8. The van der Waals surface area contributed by atoms with Gasteiger partial charge in [-0.25, -0.2) is 13.2 Å². The molecule has 0 radical (unpaired) electrons. The molecular weight excluding hydrogens is 421 g/mol. The third-order valence-corrected chi connectivity index (χ3v) is 5.53. The number of hydrogen-bond donors (Lipinski definition) is 0. The van der Waals surface area contributed by atoms with Crippen molar-refractivity contribution in [3.05, 3.63) is 71.2 Å². The first-order valence-electron chi connectivity index (χ1n) is 10.2. The Hall–Kier alpha value is -3.33. The van der Waals surface area contributed by atoms with E-state index < -0.39 is 17.5 Å². The Morgan fingerprint density at radius 1 is 1.03 bits per heavy atom. The number of benzene rings is 2. The maximum Gasteiger partial charge on any atom is 0.257 e. The molecule has 2 aromatic carbocycles. The summed E-state index contributed by atoms with van der Waals surface area (Å²) < 4.78 is 47.9. The topological polar surface area (TPSA) is 50.6 Å². The lowest BCUT2D eigenvalue weighted by Gasteiger charge is -2.34. The SMILES string of the molecule is COc1ccc(CN2CCN(C(=O)c3cn(C)nc3-c3ccc(F)cc3F)CC2)cc1F. The normalized spacial score (nSPS) is 14.6. The van der Waals surface area contributed by atoms with Gasteiger partial charge in [0.1, 0.15) is 17.3 Å². The number of carbonyl (C=O) groups is 1. The molecule has 6 nitrogen and oxygen atoms in total. The van der Waals surface area contributed by atoms with Crippen LogP contribution < -0.4 is 4.74 Å². The van der Waals surface area contributed by atoms with Crippen LogP contribution in [0.25, 0.3) is 11.3 Å². The Kier molecular flexibility index (Phi) is 6.18. The summed E-state index contributed by atoms with van der Waals surface area (Å²) in [6, 6.07) is 8.08. The number of aromatic nitrogens is 2. The van der Waals surface area contributed by atoms with Crippen LogP contribution in [0, 0.1) is 17.5 Å². The smallest absolute Gasteiger partial charge is 0.257 e. The molecule has 0 aliphatic carbocycles. The highest BCUT2D eigenvalue weighted by molar-refractivity contribution is 6.00. The Morgan fingerprint density at radius 2 is 1.78 bits per heavy atom. The molecule has 4 rings (SSSR count). The van der Waals surface area contributed by atoms with Crippen LogP contribution in [0.15, 0.2) is 42.6 Å². The average Bonchev–Trinajstić information content (AvgIpc) is 3.15. The summed E-state index contributed by atoms with van der Waals surface area (Å²) in [5, 5.41) is 4.23. The molecular formula is C23H23F3N4O2. The Morgan fingerprint density at radius 3 is 2.44 bits per heavy atom. The molecule has 3 aromatic rings. The van der Waals surface area contributed by atoms with E-state index in [1.165, 1.54) is 23.9 Å². The molecule has 0 atom stereocenters. The zero-order valence-corrected chi connectivity index (χ0v) is 17.8. The molecule has 0 N–H and O–H groups in total. The largest absolute Gasteiger partial charge is 0.494 e. The highest BCUT2D eigenvalue weighted by Gasteiger charge is 2.27. The van der Waals surface area contributed by atoms with Crippen LogP contribution in [-0.2, 0) is 13.6 Å². The van der Waals surface area contributed by atoms with Crippen molar-refractivity contribution in [2.24, 2.45) is 7.05 Å². The molecule has 32 heavy (non-hydrogen) atoms. The van der Waals surface area contributed by atoms with Crippen molar-refractivity contribution in [2.45, 2.75) is 6.54 Å². The molecule has 0 bridgehead atoms. The number of aryl methyl sites for hydroxylation is 1. The lowest BCUT2D eigenvalue weighted by atomic mass is 10.1. The van der Waals surface area contributed by atoms with Gasteiger partial charge in [0.05, 0.1) is 12.7 Å². The summed E-state index contributed by atoms with van der Waals surface area (Å²) >= 11 is 0.